The van der Waals surface area contributed by atoms with Gasteiger partial charge in [-0.1, -0.05) is 45.0 Å². The third-order valence-electron chi connectivity index (χ3n) is 6.11. The summed E-state index contributed by atoms with van der Waals surface area (Å²) < 4.78 is 6.57. The normalized spacial score (nSPS) is 11.6. The Hall–Kier alpha value is -3.84. The second-order valence-corrected chi connectivity index (χ2v) is 9.59. The predicted molar refractivity (Wildman–Crippen MR) is 139 cm³/mol. The lowest BCUT2D eigenvalue weighted by molar-refractivity contribution is 0.0520. The molecule has 7 heteroatoms. The fourth-order valence-corrected chi connectivity index (χ4v) is 4.20. The van der Waals surface area contributed by atoms with Crippen LogP contribution in [0.1, 0.15) is 49.3 Å². The van der Waals surface area contributed by atoms with Crippen molar-refractivity contribution in [3.63, 3.8) is 0 Å². The quantitative estimate of drug-likeness (QED) is 0.333. The van der Waals surface area contributed by atoms with Crippen molar-refractivity contribution in [2.24, 2.45) is 7.05 Å². The van der Waals surface area contributed by atoms with Gasteiger partial charge in [-0.25, -0.2) is 4.79 Å². The largest absolute Gasteiger partial charge is 0.461 e. The number of nitrogens with one attached hydrogen (secondary N) is 2. The zero-order chi connectivity index (χ0) is 25.3. The molecule has 182 valence electrons. The van der Waals surface area contributed by atoms with Gasteiger partial charge in [0.1, 0.15) is 11.2 Å². The fourth-order valence-electron chi connectivity index (χ4n) is 4.20. The van der Waals surface area contributed by atoms with Crippen molar-refractivity contribution in [1.82, 2.24) is 9.55 Å². The number of aromatic amines is 1. The highest BCUT2D eigenvalue weighted by molar-refractivity contribution is 6.01. The van der Waals surface area contributed by atoms with E-state index < -0.39 is 5.97 Å². The van der Waals surface area contributed by atoms with Crippen LogP contribution in [0, 0.1) is 0 Å². The van der Waals surface area contributed by atoms with Gasteiger partial charge in [0.05, 0.1) is 13.2 Å². The highest BCUT2D eigenvalue weighted by Crippen LogP contribution is 2.35. The van der Waals surface area contributed by atoms with E-state index in [0.717, 1.165) is 22.5 Å². The Bertz CT molecular complexity index is 1440. The molecule has 0 aliphatic heterocycles. The zero-order valence-electron chi connectivity index (χ0n) is 20.7. The monoisotopic (exact) mass is 473 g/mol. The molecule has 0 fully saturated rings. The van der Waals surface area contributed by atoms with Gasteiger partial charge in [0.2, 0.25) is 0 Å². The van der Waals surface area contributed by atoms with E-state index in [2.05, 4.69) is 43.2 Å². The van der Waals surface area contributed by atoms with Gasteiger partial charge < -0.3 is 24.7 Å². The number of H-pyrrole nitrogens is 1. The van der Waals surface area contributed by atoms with Gasteiger partial charge >= 0.3 is 5.97 Å². The molecular weight excluding hydrogens is 442 g/mol. The zero-order valence-corrected chi connectivity index (χ0v) is 20.7. The summed E-state index contributed by atoms with van der Waals surface area (Å²) in [6, 6.07) is 15.6. The number of carbonyl (C=O) groups is 1. The number of hydrogen-bond acceptors (Lipinski definition) is 5. The Labute approximate surface area is 204 Å². The molecule has 2 heterocycles. The molecule has 7 nitrogen and oxygen atoms in total. The van der Waals surface area contributed by atoms with Gasteiger partial charge in [-0.15, -0.1) is 0 Å². The number of esters is 1. The van der Waals surface area contributed by atoms with Crippen molar-refractivity contribution in [3.8, 4) is 11.1 Å². The number of aryl methyl sites for hydroxylation is 1. The number of ether oxygens (including phenoxy) is 1. The number of anilines is 2. The van der Waals surface area contributed by atoms with E-state index in [9.17, 15) is 14.7 Å². The van der Waals surface area contributed by atoms with Crippen LogP contribution in [0.3, 0.4) is 0 Å². The summed E-state index contributed by atoms with van der Waals surface area (Å²) in [6.45, 7) is 8.27. The van der Waals surface area contributed by atoms with Gasteiger partial charge in [-0.3, -0.25) is 4.79 Å². The predicted octanol–water partition coefficient (Wildman–Crippen LogP) is 5.24. The van der Waals surface area contributed by atoms with Crippen molar-refractivity contribution in [1.29, 1.82) is 0 Å². The maximum absolute atomic E-state index is 12.8. The summed E-state index contributed by atoms with van der Waals surface area (Å²) in [7, 11) is 1.66. The lowest BCUT2D eigenvalue weighted by Gasteiger charge is -2.20. The van der Waals surface area contributed by atoms with Crippen molar-refractivity contribution in [2.75, 3.05) is 11.9 Å². The average Bonchev–Trinajstić information content (AvgIpc) is 3.27. The highest BCUT2D eigenvalue weighted by Gasteiger charge is 2.19. The van der Waals surface area contributed by atoms with Crippen LogP contribution in [0.2, 0.25) is 0 Å². The van der Waals surface area contributed by atoms with E-state index in [1.54, 1.807) is 26.2 Å². The van der Waals surface area contributed by atoms with E-state index in [4.69, 9.17) is 4.74 Å². The minimum absolute atomic E-state index is 0.0578. The third kappa shape index (κ3) is 4.72. The summed E-state index contributed by atoms with van der Waals surface area (Å²) in [5.74, 6) is -0.520. The van der Waals surface area contributed by atoms with Gasteiger partial charge in [-0.05, 0) is 47.7 Å². The van der Waals surface area contributed by atoms with Gasteiger partial charge in [0, 0.05) is 41.1 Å². The molecular formula is C28H31N3O4. The van der Waals surface area contributed by atoms with Crippen molar-refractivity contribution < 1.29 is 14.6 Å². The molecule has 35 heavy (non-hydrogen) atoms. The summed E-state index contributed by atoms with van der Waals surface area (Å²) in [5, 5.41) is 14.4. The number of aliphatic hydroxyl groups excluding tert-OH is 1. The molecule has 0 amide bonds. The van der Waals surface area contributed by atoms with Gasteiger partial charge in [-0.2, -0.15) is 0 Å². The molecule has 0 bridgehead atoms. The van der Waals surface area contributed by atoms with Crippen LogP contribution in [-0.4, -0.2) is 27.2 Å². The first-order valence-corrected chi connectivity index (χ1v) is 11.6. The maximum Gasteiger partial charge on any atom is 0.354 e. The minimum Gasteiger partial charge on any atom is -0.461 e. The lowest BCUT2D eigenvalue weighted by atomic mass is 9.87. The molecule has 0 unspecified atom stereocenters. The minimum atomic E-state index is -0.520. The molecule has 4 aromatic rings. The highest BCUT2D eigenvalue weighted by atomic mass is 16.5. The SMILES string of the molecule is CCOC(=O)c1cc2c(-c3cccc(Nc4ccc(C(C)(C)C)cc4)c3CO)cn(C)c(=O)c2[nH]1. The molecule has 0 atom stereocenters. The number of fused-ring (bicyclic) bond motifs is 1. The van der Waals surface area contributed by atoms with Crippen LogP contribution < -0.4 is 10.9 Å². The van der Waals surface area contributed by atoms with Crippen LogP contribution in [-0.2, 0) is 23.8 Å². The average molecular weight is 474 g/mol. The standard InChI is InChI=1S/C28H31N3O4/c1-6-35-27(34)24-14-20-21(15-31(5)26(33)25(20)30-24)19-8-7-9-23(22(19)16-32)29-18-12-10-17(11-13-18)28(2,3)4/h7-15,29-30,32H,6,16H2,1-5H3. The van der Waals surface area contributed by atoms with E-state index >= 15 is 0 Å². The van der Waals surface area contributed by atoms with E-state index in [0.29, 0.717) is 16.5 Å². The number of benzene rings is 2. The molecule has 0 saturated carbocycles. The number of aliphatic hydroxyl groups is 1. The Morgan fingerprint density at radius 3 is 2.46 bits per heavy atom. The first-order chi connectivity index (χ1) is 16.6. The van der Waals surface area contributed by atoms with Crippen molar-refractivity contribution >= 4 is 28.2 Å². The van der Waals surface area contributed by atoms with Gasteiger partial charge in [0.25, 0.3) is 5.56 Å². The van der Waals surface area contributed by atoms with Crippen LogP contribution in [0.15, 0.2) is 59.5 Å². The Balaban J connectivity index is 1.81. The number of aromatic nitrogens is 2. The fraction of sp³-hybridized carbons (Fsp3) is 0.286. The van der Waals surface area contributed by atoms with Crippen LogP contribution >= 0.6 is 0 Å². The molecule has 2 aromatic heterocycles. The Morgan fingerprint density at radius 1 is 1.11 bits per heavy atom. The number of carbonyl (C=O) groups excluding carboxylic acids is 1. The summed E-state index contributed by atoms with van der Waals surface area (Å²) in [6.07, 6.45) is 1.73. The van der Waals surface area contributed by atoms with Crippen LogP contribution in [0.4, 0.5) is 11.4 Å². The summed E-state index contributed by atoms with van der Waals surface area (Å²) in [4.78, 5) is 28.0. The Morgan fingerprint density at radius 2 is 1.83 bits per heavy atom. The molecule has 4 rings (SSSR count). The molecule has 0 spiro atoms. The summed E-state index contributed by atoms with van der Waals surface area (Å²) >= 11 is 0. The number of hydrogen-bond donors (Lipinski definition) is 3. The molecule has 2 aromatic carbocycles. The summed E-state index contributed by atoms with van der Waals surface area (Å²) in [5.41, 5.74) is 5.41. The van der Waals surface area contributed by atoms with Crippen molar-refractivity contribution in [2.45, 2.75) is 39.7 Å². The van der Waals surface area contributed by atoms with Crippen molar-refractivity contribution in [3.05, 3.63) is 81.9 Å². The van der Waals surface area contributed by atoms with Gasteiger partial charge in [0.15, 0.2) is 0 Å². The van der Waals surface area contributed by atoms with Crippen LogP contribution in [0.5, 0.6) is 0 Å². The van der Waals surface area contributed by atoms with E-state index in [-0.39, 0.29) is 29.9 Å². The molecule has 0 aliphatic carbocycles. The first kappa shape index (κ1) is 24.3. The molecule has 0 radical (unpaired) electrons. The smallest absolute Gasteiger partial charge is 0.354 e. The number of rotatable bonds is 6. The number of nitrogens with zero attached hydrogens (tertiary/aromatic N) is 1. The second-order valence-electron chi connectivity index (χ2n) is 9.59. The first-order valence-electron chi connectivity index (χ1n) is 11.6. The topological polar surface area (TPSA) is 96.3 Å². The van der Waals surface area contributed by atoms with Crippen LogP contribution in [0.25, 0.3) is 22.0 Å². The lowest BCUT2D eigenvalue weighted by Crippen LogP contribution is -2.17. The van der Waals surface area contributed by atoms with E-state index in [1.807, 2.05) is 30.3 Å². The van der Waals surface area contributed by atoms with E-state index in [1.165, 1.54) is 10.1 Å². The third-order valence-corrected chi connectivity index (χ3v) is 6.11. The molecule has 3 N–H and O–H groups in total. The maximum atomic E-state index is 12.8. The molecule has 0 saturated heterocycles. The number of pyridine rings is 1. The molecule has 0 aliphatic rings. The second kappa shape index (κ2) is 9.43. The Kier molecular flexibility index (Phi) is 6.54.